The van der Waals surface area contributed by atoms with Crippen LogP contribution in [0.2, 0.25) is 0 Å². The molecule has 0 aromatic carbocycles. The molecule has 0 spiro atoms. The van der Waals surface area contributed by atoms with Gasteiger partial charge in [0.05, 0.1) is 24.9 Å². The smallest absolute Gasteiger partial charge is 0.305 e. The summed E-state index contributed by atoms with van der Waals surface area (Å²) in [5.74, 6) is -0.0567. The largest absolute Gasteiger partial charge is 0.466 e. The molecule has 0 saturated heterocycles. The average molecular weight is 435 g/mol. The highest BCUT2D eigenvalue weighted by molar-refractivity contribution is 7.09. The molecular formula is C22H40FO5P. The minimum Gasteiger partial charge on any atom is -0.466 e. The van der Waals surface area contributed by atoms with Gasteiger partial charge in [0, 0.05) is 22.3 Å². The molecule has 0 amide bonds. The fraction of sp³-hybridized carbons (Fsp3) is 0.864. The van der Waals surface area contributed by atoms with E-state index in [-0.39, 0.29) is 23.9 Å². The van der Waals surface area contributed by atoms with E-state index in [4.69, 9.17) is 9.26 Å². The number of halogens is 1. The Labute approximate surface area is 177 Å². The predicted molar refractivity (Wildman–Crippen MR) is 116 cm³/mol. The lowest BCUT2D eigenvalue weighted by molar-refractivity contribution is -0.143. The van der Waals surface area contributed by atoms with Crippen molar-refractivity contribution in [1.82, 2.24) is 0 Å². The molecule has 0 heterocycles. The van der Waals surface area contributed by atoms with Crippen LogP contribution in [-0.4, -0.2) is 47.3 Å². The van der Waals surface area contributed by atoms with Crippen molar-refractivity contribution in [1.29, 1.82) is 0 Å². The zero-order chi connectivity index (χ0) is 21.6. The van der Waals surface area contributed by atoms with E-state index in [1.54, 1.807) is 6.92 Å². The number of alkyl halides is 1. The summed E-state index contributed by atoms with van der Waals surface area (Å²) >= 11 is 0. The Bertz CT molecular complexity index is 476. The van der Waals surface area contributed by atoms with Crippen molar-refractivity contribution >= 4 is 15.4 Å². The minimum atomic E-state index is -1.19. The molecule has 0 aromatic heterocycles. The molecule has 1 rings (SSSR count). The summed E-state index contributed by atoms with van der Waals surface area (Å²) in [5.41, 5.74) is 0. The highest BCUT2D eigenvalue weighted by Crippen LogP contribution is 2.41. The summed E-state index contributed by atoms with van der Waals surface area (Å²) in [7, 11) is 2.28. The molecule has 29 heavy (non-hydrogen) atoms. The van der Waals surface area contributed by atoms with Gasteiger partial charge < -0.3 is 19.5 Å². The molecule has 6 unspecified atom stereocenters. The number of rotatable bonds is 15. The van der Waals surface area contributed by atoms with E-state index in [1.807, 2.05) is 19.1 Å². The number of allylic oxidation sites excluding steroid dienone is 2. The lowest BCUT2D eigenvalue weighted by atomic mass is 9.85. The van der Waals surface area contributed by atoms with Gasteiger partial charge in [-0.05, 0) is 57.3 Å². The van der Waals surface area contributed by atoms with E-state index < -0.39 is 18.4 Å². The molecule has 7 heteroatoms. The zero-order valence-electron chi connectivity index (χ0n) is 18.0. The molecular weight excluding hydrogens is 394 g/mol. The maximum Gasteiger partial charge on any atom is 0.305 e. The van der Waals surface area contributed by atoms with Crippen molar-refractivity contribution in [2.24, 2.45) is 11.8 Å². The third-order valence-corrected chi connectivity index (χ3v) is 6.20. The van der Waals surface area contributed by atoms with E-state index >= 15 is 0 Å². The lowest BCUT2D eigenvalue weighted by Crippen LogP contribution is -2.27. The highest BCUT2D eigenvalue weighted by Gasteiger charge is 2.42. The van der Waals surface area contributed by atoms with Gasteiger partial charge in [0.2, 0.25) is 0 Å². The van der Waals surface area contributed by atoms with Crippen LogP contribution in [0.25, 0.3) is 0 Å². The van der Waals surface area contributed by atoms with Crippen LogP contribution < -0.4 is 0 Å². The summed E-state index contributed by atoms with van der Waals surface area (Å²) in [5, 5.41) is 20.6. The summed E-state index contributed by atoms with van der Waals surface area (Å²) in [6.07, 6.45) is 7.69. The van der Waals surface area contributed by atoms with Gasteiger partial charge in [0.15, 0.2) is 0 Å². The van der Waals surface area contributed by atoms with Crippen molar-refractivity contribution in [2.75, 3.05) is 6.61 Å². The molecule has 1 fully saturated rings. The van der Waals surface area contributed by atoms with Gasteiger partial charge >= 0.3 is 5.97 Å². The third-order valence-electron chi connectivity index (χ3n) is 5.85. The number of esters is 1. The molecule has 0 aliphatic heterocycles. The molecule has 5 nitrogen and oxygen atoms in total. The summed E-state index contributed by atoms with van der Waals surface area (Å²) < 4.78 is 24.4. The lowest BCUT2D eigenvalue weighted by Gasteiger charge is -2.25. The van der Waals surface area contributed by atoms with Crippen molar-refractivity contribution in [2.45, 2.75) is 103 Å². The summed E-state index contributed by atoms with van der Waals surface area (Å²) in [6.45, 7) is 4.21. The Balaban J connectivity index is 2.47. The molecule has 0 aromatic rings. The zero-order valence-corrected chi connectivity index (χ0v) is 19.1. The first kappa shape index (κ1) is 26.5. The maximum absolute atomic E-state index is 14.1. The van der Waals surface area contributed by atoms with Crippen LogP contribution in [0.4, 0.5) is 4.39 Å². The second kappa shape index (κ2) is 15.3. The molecule has 1 saturated carbocycles. The predicted octanol–water partition coefficient (Wildman–Crippen LogP) is 4.51. The van der Waals surface area contributed by atoms with Gasteiger partial charge in [-0.3, -0.25) is 4.79 Å². The summed E-state index contributed by atoms with van der Waals surface area (Å²) in [6, 6.07) is 0. The van der Waals surface area contributed by atoms with Crippen LogP contribution in [-0.2, 0) is 14.1 Å². The Morgan fingerprint density at radius 2 is 2.00 bits per heavy atom. The first-order chi connectivity index (χ1) is 13.9. The van der Waals surface area contributed by atoms with Crippen molar-refractivity contribution in [3.05, 3.63) is 12.2 Å². The molecule has 1 aliphatic carbocycles. The fourth-order valence-electron chi connectivity index (χ4n) is 4.14. The minimum absolute atomic E-state index is 0.0303. The van der Waals surface area contributed by atoms with Crippen LogP contribution in [0, 0.1) is 11.8 Å². The van der Waals surface area contributed by atoms with Gasteiger partial charge in [0.25, 0.3) is 0 Å². The number of aliphatic hydroxyl groups is 2. The highest BCUT2D eigenvalue weighted by atomic mass is 31.0. The standard InChI is InChI=1S/C22H40FO5P/c1-3-5-11-18(23)19(24)14-13-17-16(20(25)15-21(17)28-29)10-8-6-7-9-12-22(26)27-4-2/h6,8,16-21,24-25H,3-5,7,9-15,29H2,1-2H3/b8-6-/t16?,17-,18?,19?,20?,21?/m1/s1. The molecule has 0 bridgehead atoms. The number of ether oxygens (including phenoxy) is 1. The van der Waals surface area contributed by atoms with Crippen molar-refractivity contribution in [3.8, 4) is 0 Å². The molecule has 1 aliphatic rings. The van der Waals surface area contributed by atoms with Crippen LogP contribution in [0.3, 0.4) is 0 Å². The number of carbonyl (C=O) groups excluding carboxylic acids is 1. The third kappa shape index (κ3) is 9.87. The van der Waals surface area contributed by atoms with Gasteiger partial charge in [0.1, 0.15) is 6.17 Å². The Kier molecular flexibility index (Phi) is 14.0. The molecule has 7 atom stereocenters. The van der Waals surface area contributed by atoms with E-state index in [0.29, 0.717) is 45.1 Å². The maximum atomic E-state index is 14.1. The molecule has 0 radical (unpaired) electrons. The van der Waals surface area contributed by atoms with Crippen LogP contribution in [0.5, 0.6) is 0 Å². The second-order valence-corrected chi connectivity index (χ2v) is 8.28. The van der Waals surface area contributed by atoms with Crippen molar-refractivity contribution < 1.29 is 28.7 Å². The van der Waals surface area contributed by atoms with E-state index in [0.717, 1.165) is 25.7 Å². The van der Waals surface area contributed by atoms with Gasteiger partial charge in [-0.1, -0.05) is 31.9 Å². The van der Waals surface area contributed by atoms with Gasteiger partial charge in [-0.2, -0.15) is 0 Å². The van der Waals surface area contributed by atoms with Crippen LogP contribution in [0.1, 0.15) is 78.1 Å². The molecule has 170 valence electrons. The SMILES string of the molecule is CCCCC(F)C(O)CC[C@H]1C(OP)CC(O)C1C/C=C\CCCC(=O)OCC. The topological polar surface area (TPSA) is 76.0 Å². The van der Waals surface area contributed by atoms with Crippen molar-refractivity contribution in [3.63, 3.8) is 0 Å². The first-order valence-corrected chi connectivity index (χ1v) is 11.6. The normalized spacial score (nSPS) is 26.7. The first-order valence-electron chi connectivity index (χ1n) is 11.1. The van der Waals surface area contributed by atoms with E-state index in [9.17, 15) is 19.4 Å². The monoisotopic (exact) mass is 434 g/mol. The average Bonchev–Trinajstić information content (AvgIpc) is 3.01. The second-order valence-electron chi connectivity index (χ2n) is 8.01. The number of aliphatic hydroxyl groups excluding tert-OH is 2. The molecule has 2 N–H and O–H groups in total. The van der Waals surface area contributed by atoms with Crippen LogP contribution in [0.15, 0.2) is 12.2 Å². The number of hydrogen-bond acceptors (Lipinski definition) is 5. The Morgan fingerprint density at radius 3 is 2.66 bits per heavy atom. The Hall–Kier alpha value is -0.550. The quantitative estimate of drug-likeness (QED) is 0.172. The van der Waals surface area contributed by atoms with Gasteiger partial charge in [-0.25, -0.2) is 4.39 Å². The Morgan fingerprint density at radius 1 is 1.24 bits per heavy atom. The van der Waals surface area contributed by atoms with Crippen LogP contribution >= 0.6 is 9.47 Å². The van der Waals surface area contributed by atoms with E-state index in [2.05, 4.69) is 9.47 Å². The van der Waals surface area contributed by atoms with E-state index in [1.165, 1.54) is 0 Å². The summed E-state index contributed by atoms with van der Waals surface area (Å²) in [4.78, 5) is 11.3. The van der Waals surface area contributed by atoms with Gasteiger partial charge in [-0.15, -0.1) is 0 Å². The number of hydrogen-bond donors (Lipinski definition) is 2. The number of carbonyl (C=O) groups is 1. The fourth-order valence-corrected chi connectivity index (χ4v) is 4.45. The number of unbranched alkanes of at least 4 members (excludes halogenated alkanes) is 2.